The lowest BCUT2D eigenvalue weighted by Gasteiger charge is -2.19. The van der Waals surface area contributed by atoms with Gasteiger partial charge in [-0.25, -0.2) is 0 Å². The van der Waals surface area contributed by atoms with Gasteiger partial charge in [0, 0.05) is 36.4 Å². The van der Waals surface area contributed by atoms with Gasteiger partial charge in [-0.2, -0.15) is 10.1 Å². The van der Waals surface area contributed by atoms with E-state index in [1.165, 1.54) is 11.1 Å². The maximum absolute atomic E-state index is 5.37. The second-order valence-corrected chi connectivity index (χ2v) is 5.36. The first-order valence-electron chi connectivity index (χ1n) is 7.30. The molecule has 4 heterocycles. The molecule has 4 rings (SSSR count). The van der Waals surface area contributed by atoms with E-state index in [1.807, 2.05) is 25.4 Å². The van der Waals surface area contributed by atoms with Gasteiger partial charge in [0.2, 0.25) is 11.7 Å². The van der Waals surface area contributed by atoms with Crippen molar-refractivity contribution in [1.29, 1.82) is 0 Å². The molecule has 7 nitrogen and oxygen atoms in total. The molecule has 0 saturated heterocycles. The van der Waals surface area contributed by atoms with E-state index in [9.17, 15) is 0 Å². The Hall–Kier alpha value is -2.54. The van der Waals surface area contributed by atoms with Crippen LogP contribution in [0.15, 0.2) is 29.2 Å². The molecule has 3 aromatic rings. The van der Waals surface area contributed by atoms with E-state index in [0.29, 0.717) is 18.3 Å². The Kier molecular flexibility index (Phi) is 3.19. The van der Waals surface area contributed by atoms with Gasteiger partial charge in [-0.1, -0.05) is 5.16 Å². The first kappa shape index (κ1) is 13.1. The number of aryl methyl sites for hydroxylation is 1. The highest BCUT2D eigenvalue weighted by atomic mass is 16.5. The second-order valence-electron chi connectivity index (χ2n) is 5.36. The lowest BCUT2D eigenvalue weighted by atomic mass is 9.95. The molecule has 0 unspecified atom stereocenters. The highest BCUT2D eigenvalue weighted by Crippen LogP contribution is 2.28. The highest BCUT2D eigenvalue weighted by molar-refractivity contribution is 5.64. The summed E-state index contributed by atoms with van der Waals surface area (Å²) in [6.45, 7) is 4.26. The summed E-state index contributed by atoms with van der Waals surface area (Å²) in [7, 11) is 0. The van der Waals surface area contributed by atoms with Crippen LogP contribution in [0.25, 0.3) is 11.4 Å². The zero-order valence-electron chi connectivity index (χ0n) is 12.3. The molecule has 0 saturated carbocycles. The third-order valence-corrected chi connectivity index (χ3v) is 3.88. The molecule has 22 heavy (non-hydrogen) atoms. The Bertz CT molecular complexity index is 792. The van der Waals surface area contributed by atoms with Crippen molar-refractivity contribution in [2.24, 2.45) is 0 Å². The van der Waals surface area contributed by atoms with Crippen molar-refractivity contribution >= 4 is 0 Å². The van der Waals surface area contributed by atoms with Crippen molar-refractivity contribution in [3.63, 3.8) is 0 Å². The fraction of sp³-hybridized carbons (Fsp3) is 0.333. The van der Waals surface area contributed by atoms with Crippen LogP contribution in [0.1, 0.15) is 22.7 Å². The summed E-state index contributed by atoms with van der Waals surface area (Å²) in [5.74, 6) is 1.16. The van der Waals surface area contributed by atoms with E-state index in [1.54, 1.807) is 10.9 Å². The molecule has 7 heteroatoms. The van der Waals surface area contributed by atoms with Crippen LogP contribution in [-0.4, -0.2) is 31.4 Å². The zero-order chi connectivity index (χ0) is 14.9. The molecule has 1 aliphatic heterocycles. The molecule has 0 fully saturated rings. The van der Waals surface area contributed by atoms with Crippen molar-refractivity contribution in [3.8, 4) is 11.4 Å². The number of nitrogens with zero attached hydrogens (tertiary/aromatic N) is 5. The van der Waals surface area contributed by atoms with Gasteiger partial charge in [0.25, 0.3) is 0 Å². The average Bonchev–Trinajstić information content (AvgIpc) is 3.20. The molecule has 0 spiro atoms. The average molecular weight is 296 g/mol. The summed E-state index contributed by atoms with van der Waals surface area (Å²) in [5.41, 5.74) is 4.43. The molecule has 1 aliphatic rings. The Balaban J connectivity index is 1.72. The van der Waals surface area contributed by atoms with Gasteiger partial charge in [0.15, 0.2) is 0 Å². The molecule has 0 amide bonds. The Labute approximate surface area is 127 Å². The molecule has 0 radical (unpaired) electrons. The molecular weight excluding hydrogens is 280 g/mol. The monoisotopic (exact) mass is 296 g/mol. The fourth-order valence-corrected chi connectivity index (χ4v) is 2.82. The van der Waals surface area contributed by atoms with Crippen molar-refractivity contribution in [3.05, 3.63) is 47.4 Å². The van der Waals surface area contributed by atoms with Crippen molar-refractivity contribution in [2.45, 2.75) is 26.4 Å². The summed E-state index contributed by atoms with van der Waals surface area (Å²) >= 11 is 0. The van der Waals surface area contributed by atoms with E-state index < -0.39 is 0 Å². The van der Waals surface area contributed by atoms with E-state index in [2.05, 4.69) is 25.5 Å². The molecule has 1 N–H and O–H groups in total. The smallest absolute Gasteiger partial charge is 0.248 e. The van der Waals surface area contributed by atoms with Crippen LogP contribution in [-0.2, 0) is 19.5 Å². The van der Waals surface area contributed by atoms with Crippen LogP contribution in [0.4, 0.5) is 0 Å². The van der Waals surface area contributed by atoms with Crippen LogP contribution in [0.2, 0.25) is 0 Å². The minimum absolute atomic E-state index is 0.475. The first-order chi connectivity index (χ1) is 10.8. The highest BCUT2D eigenvalue weighted by Gasteiger charge is 2.21. The maximum Gasteiger partial charge on any atom is 0.248 e. The van der Waals surface area contributed by atoms with Crippen LogP contribution >= 0.6 is 0 Å². The topological polar surface area (TPSA) is 81.7 Å². The van der Waals surface area contributed by atoms with Crippen molar-refractivity contribution in [2.75, 3.05) is 6.54 Å². The van der Waals surface area contributed by atoms with Gasteiger partial charge in [-0.15, -0.1) is 0 Å². The Morgan fingerprint density at radius 3 is 3.23 bits per heavy atom. The maximum atomic E-state index is 5.37. The molecule has 0 aliphatic carbocycles. The van der Waals surface area contributed by atoms with Gasteiger partial charge in [0.05, 0.1) is 0 Å². The predicted molar refractivity (Wildman–Crippen MR) is 79.0 cm³/mol. The number of hydrogen-bond acceptors (Lipinski definition) is 6. The van der Waals surface area contributed by atoms with Gasteiger partial charge < -0.3 is 9.84 Å². The van der Waals surface area contributed by atoms with Crippen LogP contribution in [0.5, 0.6) is 0 Å². The molecule has 0 aromatic carbocycles. The molecule has 3 aromatic heterocycles. The quantitative estimate of drug-likeness (QED) is 0.785. The standard InChI is InChI=1S/C15H16N6O/c1-10-14(12-3-5-16-7-11(12)8-17-10)15-19-13(22-20-15)9-21-6-2-4-18-21/h2,4,6,8,16H,3,5,7,9H2,1H3. The number of rotatable bonds is 3. The predicted octanol–water partition coefficient (Wildman–Crippen LogP) is 1.33. The van der Waals surface area contributed by atoms with Crippen molar-refractivity contribution in [1.82, 2.24) is 30.2 Å². The van der Waals surface area contributed by atoms with E-state index in [0.717, 1.165) is 30.8 Å². The summed E-state index contributed by atoms with van der Waals surface area (Å²) in [6.07, 6.45) is 6.49. The summed E-state index contributed by atoms with van der Waals surface area (Å²) in [5, 5.41) is 11.7. The Morgan fingerprint density at radius 1 is 1.41 bits per heavy atom. The lowest BCUT2D eigenvalue weighted by molar-refractivity contribution is 0.366. The van der Waals surface area contributed by atoms with E-state index in [4.69, 9.17) is 4.52 Å². The first-order valence-corrected chi connectivity index (χ1v) is 7.30. The van der Waals surface area contributed by atoms with Crippen molar-refractivity contribution < 1.29 is 4.52 Å². The minimum Gasteiger partial charge on any atom is -0.337 e. The summed E-state index contributed by atoms with van der Waals surface area (Å²) in [6, 6.07) is 1.87. The number of pyridine rings is 1. The second kappa shape index (κ2) is 5.34. The minimum atomic E-state index is 0.475. The fourth-order valence-electron chi connectivity index (χ4n) is 2.82. The molecule has 0 atom stereocenters. The van der Waals surface area contributed by atoms with Crippen LogP contribution < -0.4 is 5.32 Å². The Morgan fingerprint density at radius 2 is 2.36 bits per heavy atom. The lowest BCUT2D eigenvalue weighted by Crippen LogP contribution is -2.24. The number of nitrogens with one attached hydrogen (secondary N) is 1. The van der Waals surface area contributed by atoms with Crippen LogP contribution in [0.3, 0.4) is 0 Å². The summed E-state index contributed by atoms with van der Waals surface area (Å²) < 4.78 is 7.13. The third kappa shape index (κ3) is 2.29. The third-order valence-electron chi connectivity index (χ3n) is 3.88. The van der Waals surface area contributed by atoms with Gasteiger partial charge in [-0.3, -0.25) is 9.67 Å². The molecular formula is C15H16N6O. The summed E-state index contributed by atoms with van der Waals surface area (Å²) in [4.78, 5) is 9.00. The number of hydrogen-bond donors (Lipinski definition) is 1. The molecule has 0 bridgehead atoms. The van der Waals surface area contributed by atoms with Gasteiger partial charge >= 0.3 is 0 Å². The van der Waals surface area contributed by atoms with Crippen LogP contribution in [0, 0.1) is 6.92 Å². The zero-order valence-corrected chi connectivity index (χ0v) is 12.3. The van der Waals surface area contributed by atoms with Gasteiger partial charge in [-0.05, 0) is 37.1 Å². The normalized spacial score (nSPS) is 14.0. The molecule has 112 valence electrons. The number of aromatic nitrogens is 5. The van der Waals surface area contributed by atoms with E-state index in [-0.39, 0.29) is 0 Å². The SMILES string of the molecule is Cc1ncc2c(c1-c1noc(Cn3cccn3)n1)CCNC2. The number of fused-ring (bicyclic) bond motifs is 1. The van der Waals surface area contributed by atoms with E-state index >= 15 is 0 Å². The van der Waals surface area contributed by atoms with Gasteiger partial charge in [0.1, 0.15) is 6.54 Å². The largest absolute Gasteiger partial charge is 0.337 e.